The predicted molar refractivity (Wildman–Crippen MR) is 312 cm³/mol. The van der Waals surface area contributed by atoms with Crippen LogP contribution in [0, 0.1) is 5.92 Å². The minimum absolute atomic E-state index is 0.0506. The third-order valence-corrected chi connectivity index (χ3v) is 20.9. The fourth-order valence-electron chi connectivity index (χ4n) is 9.96. The maximum atomic E-state index is 13.4. The number of aromatic nitrogens is 8. The van der Waals surface area contributed by atoms with Crippen LogP contribution < -0.4 is 25.7 Å². The number of hydrogen-bond acceptors (Lipinski definition) is 16. The SMILES string of the molecule is COc1ccc(C(OC[C@H]2O[C@@H](n3cnc4c(=O)[nH]c(NCC(C)C)nc43)C[C@@H]2OP(C)OC[C@H]2O[C@@H](n3cnc4c(NC(=O)c5ccccc5)ncnc43)C[C@@H]2O[Si](C)(C)C(C)(C)C)(c2ccccc2)c2ccc(OC)cc2)cc1. The van der Waals surface area contributed by atoms with Gasteiger partial charge < -0.3 is 47.8 Å². The molecule has 4 aromatic heterocycles. The highest BCUT2D eigenvalue weighted by molar-refractivity contribution is 7.46. The standard InChI is InChI=1S/C59H71N10O10PSi/c1-37(2)31-60-57-66-54-51(56(71)67-57)64-36-69(54)48-29-44(46(76-48)32-74-59(39-19-15-12-16-20-39,40-21-25-42(72-6)26-22-40)41-23-27-43(73-7)28-24-41)78-80(8)75-33-47-45(79-81(9,10)58(3,4)5)30-49(77-47)68-35-63-50-52(61-34-62-53(50)68)65-55(70)38-17-13-11-14-18-38/h11-28,34-37,44-49H,29-33H2,1-10H3,(H2,60,66,67,71)(H,61,62,65,70)/t44-,45-,46+,47+,48+,49+,80?/m0/s1. The normalized spacial score (nSPS) is 20.0. The average molecular weight is 1140 g/mol. The van der Waals surface area contributed by atoms with E-state index in [9.17, 15) is 9.59 Å². The van der Waals surface area contributed by atoms with Gasteiger partial charge in [0.2, 0.25) is 5.95 Å². The largest absolute Gasteiger partial charge is 0.497 e. The molecule has 22 heteroatoms. The van der Waals surface area contributed by atoms with Crippen LogP contribution in [-0.4, -0.2) is 118 Å². The molecule has 2 fully saturated rings. The van der Waals surface area contributed by atoms with Crippen LogP contribution in [0.5, 0.6) is 11.5 Å². The summed E-state index contributed by atoms with van der Waals surface area (Å²) in [7, 11) is -0.688. The molecule has 2 aliphatic heterocycles. The topological polar surface area (TPSA) is 222 Å². The first-order valence-electron chi connectivity index (χ1n) is 27.2. The van der Waals surface area contributed by atoms with E-state index in [0.29, 0.717) is 65.1 Å². The molecule has 0 bridgehead atoms. The van der Waals surface area contributed by atoms with E-state index in [-0.39, 0.29) is 47.2 Å². The zero-order valence-corrected chi connectivity index (χ0v) is 49.3. The van der Waals surface area contributed by atoms with Gasteiger partial charge in [0.05, 0.1) is 52.3 Å². The summed E-state index contributed by atoms with van der Waals surface area (Å²) in [4.78, 5) is 52.5. The molecule has 3 N–H and O–H groups in total. The third-order valence-electron chi connectivity index (χ3n) is 15.3. The van der Waals surface area contributed by atoms with Crippen molar-refractivity contribution in [2.24, 2.45) is 5.92 Å². The Bertz CT molecular complexity index is 3420. The molecule has 2 saturated heterocycles. The monoisotopic (exact) mass is 1140 g/mol. The number of imidazole rings is 2. The lowest BCUT2D eigenvalue weighted by molar-refractivity contribution is -0.0908. The van der Waals surface area contributed by atoms with Crippen LogP contribution in [-0.2, 0) is 33.3 Å². The van der Waals surface area contributed by atoms with Crippen LogP contribution in [0.15, 0.2) is 133 Å². The molecule has 0 saturated carbocycles. The van der Waals surface area contributed by atoms with Gasteiger partial charge in [0, 0.05) is 31.6 Å². The van der Waals surface area contributed by atoms with E-state index in [1.807, 2.05) is 84.0 Å². The first-order chi connectivity index (χ1) is 38.9. The molecule has 81 heavy (non-hydrogen) atoms. The number of benzene rings is 4. The third kappa shape index (κ3) is 12.3. The van der Waals surface area contributed by atoms with E-state index >= 15 is 0 Å². The number of ether oxygens (including phenoxy) is 5. The highest BCUT2D eigenvalue weighted by Crippen LogP contribution is 2.48. The van der Waals surface area contributed by atoms with Crippen molar-refractivity contribution in [1.29, 1.82) is 0 Å². The molecule has 0 aliphatic carbocycles. The number of anilines is 2. The molecule has 7 atom stereocenters. The van der Waals surface area contributed by atoms with Crippen molar-refractivity contribution >= 4 is 56.7 Å². The van der Waals surface area contributed by atoms with E-state index in [1.165, 1.54) is 6.33 Å². The van der Waals surface area contributed by atoms with Crippen molar-refractivity contribution in [1.82, 2.24) is 39.0 Å². The van der Waals surface area contributed by atoms with Crippen LogP contribution in [0.3, 0.4) is 0 Å². The number of hydrogen-bond donors (Lipinski definition) is 3. The second-order valence-electron chi connectivity index (χ2n) is 22.2. The summed E-state index contributed by atoms with van der Waals surface area (Å²) >= 11 is 0. The lowest BCUT2D eigenvalue weighted by Crippen LogP contribution is -2.46. The van der Waals surface area contributed by atoms with Gasteiger partial charge in [-0.05, 0) is 77.1 Å². The Morgan fingerprint density at radius 2 is 1.32 bits per heavy atom. The highest BCUT2D eigenvalue weighted by atomic mass is 31.2. The van der Waals surface area contributed by atoms with E-state index < -0.39 is 53.1 Å². The molecular weight excluding hydrogens is 1070 g/mol. The van der Waals surface area contributed by atoms with Gasteiger partial charge in [-0.1, -0.05) is 107 Å². The van der Waals surface area contributed by atoms with Crippen molar-refractivity contribution in [3.8, 4) is 11.5 Å². The quantitative estimate of drug-likeness (QED) is 0.0326. The summed E-state index contributed by atoms with van der Waals surface area (Å²) in [6, 6.07) is 34.7. The number of H-pyrrole nitrogens is 1. The Labute approximate surface area is 473 Å². The van der Waals surface area contributed by atoms with Gasteiger partial charge in [0.15, 0.2) is 44.8 Å². The van der Waals surface area contributed by atoms with Crippen molar-refractivity contribution < 1.29 is 42.0 Å². The fraction of sp³-hybridized carbons (Fsp3) is 0.407. The van der Waals surface area contributed by atoms with Crippen LogP contribution in [0.25, 0.3) is 22.3 Å². The molecule has 10 rings (SSSR count). The van der Waals surface area contributed by atoms with E-state index in [2.05, 4.69) is 95.4 Å². The number of amides is 1. The molecule has 426 valence electrons. The summed E-state index contributed by atoms with van der Waals surface area (Å²) in [6.07, 6.45) is 2.14. The Balaban J connectivity index is 0.943. The van der Waals surface area contributed by atoms with Crippen molar-refractivity contribution in [3.63, 3.8) is 0 Å². The Morgan fingerprint density at radius 1 is 0.753 bits per heavy atom. The summed E-state index contributed by atoms with van der Waals surface area (Å²) in [5.41, 5.74) is 3.04. The summed E-state index contributed by atoms with van der Waals surface area (Å²) in [5.74, 6) is 2.02. The molecule has 6 heterocycles. The number of fused-ring (bicyclic) bond motifs is 2. The van der Waals surface area contributed by atoms with Crippen LogP contribution in [0.1, 0.15) is 87.0 Å². The Kier molecular flexibility index (Phi) is 17.2. The molecule has 2 aliphatic rings. The number of carbonyl (C=O) groups excluding carboxylic acids is 1. The maximum absolute atomic E-state index is 13.4. The van der Waals surface area contributed by atoms with Crippen molar-refractivity contribution in [2.75, 3.05) is 51.3 Å². The zero-order valence-electron chi connectivity index (χ0n) is 47.4. The molecule has 0 spiro atoms. The Morgan fingerprint density at radius 3 is 1.93 bits per heavy atom. The molecule has 0 radical (unpaired) electrons. The van der Waals surface area contributed by atoms with Gasteiger partial charge in [-0.25, -0.2) is 19.9 Å². The second kappa shape index (κ2) is 24.3. The Hall–Kier alpha value is -6.94. The second-order valence-corrected chi connectivity index (χ2v) is 28.3. The molecule has 1 unspecified atom stereocenters. The van der Waals surface area contributed by atoms with Crippen LogP contribution in [0.4, 0.5) is 11.8 Å². The van der Waals surface area contributed by atoms with Crippen molar-refractivity contribution in [3.05, 3.63) is 161 Å². The molecule has 1 amide bonds. The number of nitrogens with one attached hydrogen (secondary N) is 3. The lowest BCUT2D eigenvalue weighted by Gasteiger charge is -2.39. The van der Waals surface area contributed by atoms with Gasteiger partial charge in [-0.15, -0.1) is 0 Å². The number of methoxy groups -OCH3 is 2. The molecular formula is C59H71N10O10PSi. The number of carbonyl (C=O) groups is 1. The van der Waals surface area contributed by atoms with Crippen LogP contribution >= 0.6 is 8.38 Å². The molecule has 4 aromatic carbocycles. The van der Waals surface area contributed by atoms with Gasteiger partial charge >= 0.3 is 0 Å². The summed E-state index contributed by atoms with van der Waals surface area (Å²) < 4.78 is 57.2. The van der Waals surface area contributed by atoms with Gasteiger partial charge in [0.25, 0.3) is 11.5 Å². The lowest BCUT2D eigenvalue weighted by atomic mass is 9.80. The number of rotatable bonds is 22. The van der Waals surface area contributed by atoms with E-state index in [0.717, 1.165) is 16.7 Å². The number of nitrogens with zero attached hydrogens (tertiary/aromatic N) is 7. The first-order valence-corrected chi connectivity index (χ1v) is 31.7. The van der Waals surface area contributed by atoms with E-state index in [4.69, 9.17) is 42.1 Å². The minimum Gasteiger partial charge on any atom is -0.497 e. The smallest absolute Gasteiger partial charge is 0.280 e. The van der Waals surface area contributed by atoms with Gasteiger partial charge in [-0.3, -0.25) is 23.7 Å². The van der Waals surface area contributed by atoms with E-state index in [1.54, 1.807) is 55.7 Å². The molecule has 8 aromatic rings. The highest BCUT2D eigenvalue weighted by Gasteiger charge is 2.47. The maximum Gasteiger partial charge on any atom is 0.280 e. The summed E-state index contributed by atoms with van der Waals surface area (Å²) in [6.45, 7) is 18.0. The van der Waals surface area contributed by atoms with Gasteiger partial charge in [0.1, 0.15) is 48.1 Å². The fourth-order valence-corrected chi connectivity index (χ4v) is 12.3. The van der Waals surface area contributed by atoms with Crippen molar-refractivity contribution in [2.45, 2.75) is 108 Å². The predicted octanol–water partition coefficient (Wildman–Crippen LogP) is 10.6. The zero-order chi connectivity index (χ0) is 57.1. The van der Waals surface area contributed by atoms with Gasteiger partial charge in [-0.2, -0.15) is 4.98 Å². The number of aromatic amines is 1. The first kappa shape index (κ1) is 57.3. The average Bonchev–Trinajstić information content (AvgIpc) is 4.31. The minimum atomic E-state index is -2.35. The van der Waals surface area contributed by atoms with Crippen LogP contribution in [0.2, 0.25) is 18.1 Å². The molecule has 20 nitrogen and oxygen atoms in total. The summed E-state index contributed by atoms with van der Waals surface area (Å²) in [5, 5.41) is 6.06.